The van der Waals surface area contributed by atoms with E-state index >= 15 is 0 Å². The zero-order valence-corrected chi connectivity index (χ0v) is 11.9. The molecular formula is C14H21NOS. The van der Waals surface area contributed by atoms with Crippen LogP contribution in [0.1, 0.15) is 26.3 Å². The summed E-state index contributed by atoms with van der Waals surface area (Å²) in [6.45, 7) is 13.0. The highest BCUT2D eigenvalue weighted by molar-refractivity contribution is 7.97. The number of aryl methyl sites for hydroxylation is 1. The van der Waals surface area contributed by atoms with Crippen LogP contribution in [0.5, 0.6) is 0 Å². The van der Waals surface area contributed by atoms with Crippen molar-refractivity contribution < 1.29 is 4.74 Å². The summed E-state index contributed by atoms with van der Waals surface area (Å²) >= 11 is 1.66. The van der Waals surface area contributed by atoms with Crippen LogP contribution in [0, 0.1) is 6.92 Å². The van der Waals surface area contributed by atoms with Gasteiger partial charge < -0.3 is 4.74 Å². The number of ether oxygens (including phenoxy) is 1. The van der Waals surface area contributed by atoms with E-state index in [0.29, 0.717) is 5.88 Å². The van der Waals surface area contributed by atoms with E-state index in [9.17, 15) is 0 Å². The molecule has 0 fully saturated rings. The normalized spacial score (nSPS) is 10.4. The second-order valence-corrected chi connectivity index (χ2v) is 5.25. The molecule has 0 heterocycles. The van der Waals surface area contributed by atoms with E-state index in [4.69, 9.17) is 4.74 Å². The molecule has 0 radical (unpaired) electrons. The Bertz CT molecular complexity index is 359. The first-order chi connectivity index (χ1) is 8.02. The van der Waals surface area contributed by atoms with E-state index in [2.05, 4.69) is 49.0 Å². The maximum absolute atomic E-state index is 5.61. The molecule has 0 aromatic heterocycles. The number of hydrogen-bond donors (Lipinski definition) is 0. The summed E-state index contributed by atoms with van der Waals surface area (Å²) < 4.78 is 7.67. The van der Waals surface area contributed by atoms with Crippen molar-refractivity contribution in [1.82, 2.24) is 4.31 Å². The molecule has 1 rings (SSSR count). The minimum Gasteiger partial charge on any atom is -0.476 e. The number of nitrogens with zero attached hydrogens (tertiary/aromatic N) is 1. The lowest BCUT2D eigenvalue weighted by Crippen LogP contribution is -2.18. The van der Waals surface area contributed by atoms with Crippen LogP contribution < -0.4 is 0 Å². The highest BCUT2D eigenvalue weighted by Crippen LogP contribution is 2.26. The zero-order chi connectivity index (χ0) is 12.8. The number of benzene rings is 1. The Labute approximate surface area is 109 Å². The number of hydrogen-bond acceptors (Lipinski definition) is 3. The molecule has 17 heavy (non-hydrogen) atoms. The molecule has 0 unspecified atom stereocenters. The van der Waals surface area contributed by atoms with Gasteiger partial charge >= 0.3 is 0 Å². The van der Waals surface area contributed by atoms with Gasteiger partial charge in [0.15, 0.2) is 5.88 Å². The molecule has 3 heteroatoms. The molecule has 2 nitrogen and oxygen atoms in total. The van der Waals surface area contributed by atoms with E-state index in [0.717, 1.165) is 6.54 Å². The summed E-state index contributed by atoms with van der Waals surface area (Å²) in [4.78, 5) is 1.20. The van der Waals surface area contributed by atoms with Crippen LogP contribution in [0.25, 0.3) is 0 Å². The van der Waals surface area contributed by atoms with Crippen LogP contribution in [0.3, 0.4) is 0 Å². The Hall–Kier alpha value is -1.09. The zero-order valence-electron chi connectivity index (χ0n) is 11.1. The van der Waals surface area contributed by atoms with Crippen molar-refractivity contribution in [3.8, 4) is 0 Å². The lowest BCUT2D eigenvalue weighted by molar-refractivity contribution is 0.108. The first-order valence-electron chi connectivity index (χ1n) is 5.90. The van der Waals surface area contributed by atoms with Gasteiger partial charge in [-0.1, -0.05) is 17.7 Å². The summed E-state index contributed by atoms with van der Waals surface area (Å²) in [5.41, 5.74) is 1.27. The average molecular weight is 251 g/mol. The van der Waals surface area contributed by atoms with E-state index < -0.39 is 0 Å². The Morgan fingerprint density at radius 3 is 2.41 bits per heavy atom. The van der Waals surface area contributed by atoms with Crippen LogP contribution in [-0.2, 0) is 4.74 Å². The van der Waals surface area contributed by atoms with Gasteiger partial charge in [-0.05, 0) is 58.4 Å². The highest BCUT2D eigenvalue weighted by atomic mass is 32.2. The van der Waals surface area contributed by atoms with Gasteiger partial charge in [0, 0.05) is 11.4 Å². The molecule has 0 aliphatic heterocycles. The quantitative estimate of drug-likeness (QED) is 0.555. The van der Waals surface area contributed by atoms with Crippen molar-refractivity contribution in [2.45, 2.75) is 38.7 Å². The smallest absolute Gasteiger partial charge is 0.192 e. The Kier molecular flexibility index (Phi) is 5.42. The van der Waals surface area contributed by atoms with Crippen molar-refractivity contribution in [1.29, 1.82) is 0 Å². The topological polar surface area (TPSA) is 12.5 Å². The second kappa shape index (κ2) is 6.60. The van der Waals surface area contributed by atoms with Gasteiger partial charge in [-0.2, -0.15) is 0 Å². The van der Waals surface area contributed by atoms with E-state index in [-0.39, 0.29) is 6.10 Å². The van der Waals surface area contributed by atoms with Gasteiger partial charge in [0.1, 0.15) is 0 Å². The third kappa shape index (κ3) is 4.73. The molecule has 1 aromatic carbocycles. The molecular weight excluding hydrogens is 230 g/mol. The molecule has 0 saturated carbocycles. The maximum atomic E-state index is 5.61. The van der Waals surface area contributed by atoms with Crippen molar-refractivity contribution in [3.05, 3.63) is 42.3 Å². The fourth-order valence-electron chi connectivity index (χ4n) is 1.35. The average Bonchev–Trinajstić information content (AvgIpc) is 2.27. The van der Waals surface area contributed by atoms with Crippen molar-refractivity contribution in [2.75, 3.05) is 6.54 Å². The number of rotatable bonds is 6. The highest BCUT2D eigenvalue weighted by Gasteiger charge is 2.10. The van der Waals surface area contributed by atoms with Gasteiger partial charge in [-0.25, -0.2) is 0 Å². The monoisotopic (exact) mass is 251 g/mol. The molecule has 0 atom stereocenters. The molecule has 0 spiro atoms. The Balaban J connectivity index is 2.63. The Morgan fingerprint density at radius 2 is 1.94 bits per heavy atom. The first-order valence-corrected chi connectivity index (χ1v) is 6.68. The summed E-state index contributed by atoms with van der Waals surface area (Å²) in [5.74, 6) is 0.716. The lowest BCUT2D eigenvalue weighted by atomic mass is 10.2. The van der Waals surface area contributed by atoms with Gasteiger partial charge in [0.05, 0.1) is 6.10 Å². The van der Waals surface area contributed by atoms with Crippen LogP contribution in [0.4, 0.5) is 0 Å². The first kappa shape index (κ1) is 14.0. The molecule has 1 aromatic rings. The van der Waals surface area contributed by atoms with Crippen LogP contribution in [0.2, 0.25) is 0 Å². The van der Waals surface area contributed by atoms with Gasteiger partial charge in [0.2, 0.25) is 0 Å². The predicted molar refractivity (Wildman–Crippen MR) is 74.8 cm³/mol. The van der Waals surface area contributed by atoms with Crippen LogP contribution in [0.15, 0.2) is 41.6 Å². The summed E-state index contributed by atoms with van der Waals surface area (Å²) in [6, 6.07) is 8.46. The predicted octanol–water partition coefficient (Wildman–Crippen LogP) is 4.22. The third-order valence-electron chi connectivity index (χ3n) is 2.17. The maximum Gasteiger partial charge on any atom is 0.192 e. The lowest BCUT2D eigenvalue weighted by Gasteiger charge is -2.25. The summed E-state index contributed by atoms with van der Waals surface area (Å²) in [6.07, 6.45) is 0.162. The SMILES string of the molecule is C=C(OC(C)C)N(CC)Sc1ccc(C)cc1. The largest absolute Gasteiger partial charge is 0.476 e. The van der Waals surface area contributed by atoms with Crippen LogP contribution >= 0.6 is 11.9 Å². The Morgan fingerprint density at radius 1 is 1.35 bits per heavy atom. The molecule has 0 aliphatic carbocycles. The third-order valence-corrected chi connectivity index (χ3v) is 3.34. The minimum absolute atomic E-state index is 0.162. The minimum atomic E-state index is 0.162. The summed E-state index contributed by atoms with van der Waals surface area (Å²) in [5, 5.41) is 0. The van der Waals surface area contributed by atoms with E-state index in [1.165, 1.54) is 10.5 Å². The van der Waals surface area contributed by atoms with E-state index in [1.807, 2.05) is 13.8 Å². The molecule has 0 N–H and O–H groups in total. The fraction of sp³-hybridized carbons (Fsp3) is 0.429. The van der Waals surface area contributed by atoms with Crippen molar-refractivity contribution in [3.63, 3.8) is 0 Å². The van der Waals surface area contributed by atoms with E-state index in [1.54, 1.807) is 11.9 Å². The standard InChI is InChI=1S/C14H21NOS/c1-6-15(13(5)16-11(2)3)17-14-9-7-12(4)8-10-14/h7-11H,5-6H2,1-4H3. The molecule has 0 amide bonds. The van der Waals surface area contributed by atoms with Crippen molar-refractivity contribution in [2.24, 2.45) is 0 Å². The van der Waals surface area contributed by atoms with Gasteiger partial charge in [-0.15, -0.1) is 0 Å². The van der Waals surface area contributed by atoms with Gasteiger partial charge in [0.25, 0.3) is 0 Å². The van der Waals surface area contributed by atoms with Crippen molar-refractivity contribution >= 4 is 11.9 Å². The van der Waals surface area contributed by atoms with Crippen LogP contribution in [-0.4, -0.2) is 17.0 Å². The molecule has 94 valence electrons. The molecule has 0 saturated heterocycles. The summed E-state index contributed by atoms with van der Waals surface area (Å²) in [7, 11) is 0. The fourth-order valence-corrected chi connectivity index (χ4v) is 2.14. The molecule has 0 bridgehead atoms. The molecule has 0 aliphatic rings. The second-order valence-electron chi connectivity index (χ2n) is 4.16. The van der Waals surface area contributed by atoms with Gasteiger partial charge in [-0.3, -0.25) is 4.31 Å².